The summed E-state index contributed by atoms with van der Waals surface area (Å²) in [6.07, 6.45) is 3.44. The molecule has 0 aliphatic heterocycles. The first-order valence-electron chi connectivity index (χ1n) is 4.88. The van der Waals surface area contributed by atoms with E-state index in [1.54, 1.807) is 24.2 Å². The summed E-state index contributed by atoms with van der Waals surface area (Å²) in [7, 11) is 0. The Morgan fingerprint density at radius 3 is 2.67 bits per heavy atom. The predicted octanol–water partition coefficient (Wildman–Crippen LogP) is 1.45. The van der Waals surface area contributed by atoms with E-state index in [1.165, 1.54) is 0 Å². The second-order valence-corrected chi connectivity index (χ2v) is 3.05. The van der Waals surface area contributed by atoms with Gasteiger partial charge in [-0.25, -0.2) is 0 Å². The molecular formula is C12H14N2O. The zero-order valence-electron chi connectivity index (χ0n) is 9.03. The number of hydrogen-bond donors (Lipinski definition) is 0. The maximum absolute atomic E-state index is 11.5. The highest BCUT2D eigenvalue weighted by Crippen LogP contribution is 2.02. The van der Waals surface area contributed by atoms with Crippen LogP contribution in [-0.2, 0) is 11.3 Å². The molecule has 78 valence electrons. The van der Waals surface area contributed by atoms with Crippen LogP contribution in [0.2, 0.25) is 0 Å². The molecule has 0 saturated carbocycles. The van der Waals surface area contributed by atoms with Gasteiger partial charge in [0, 0.05) is 25.5 Å². The quantitative estimate of drug-likeness (QED) is 0.695. The molecular weight excluding hydrogens is 188 g/mol. The molecule has 0 unspecified atom stereocenters. The summed E-state index contributed by atoms with van der Waals surface area (Å²) >= 11 is 0. The van der Waals surface area contributed by atoms with Gasteiger partial charge in [-0.05, 0) is 37.5 Å². The Balaban J connectivity index is 2.68. The van der Waals surface area contributed by atoms with Crippen LogP contribution in [0.1, 0.15) is 19.4 Å². The normalized spacial score (nSPS) is 8.93. The van der Waals surface area contributed by atoms with E-state index in [0.29, 0.717) is 13.1 Å². The zero-order valence-corrected chi connectivity index (χ0v) is 9.03. The lowest BCUT2D eigenvalue weighted by Gasteiger charge is -2.17. The lowest BCUT2D eigenvalue weighted by Crippen LogP contribution is -2.28. The molecule has 0 N–H and O–H groups in total. The van der Waals surface area contributed by atoms with E-state index >= 15 is 0 Å². The van der Waals surface area contributed by atoms with Crippen LogP contribution in [0.5, 0.6) is 0 Å². The van der Waals surface area contributed by atoms with Gasteiger partial charge in [0.1, 0.15) is 0 Å². The smallest absolute Gasteiger partial charge is 0.298 e. The van der Waals surface area contributed by atoms with E-state index in [9.17, 15) is 4.79 Å². The van der Waals surface area contributed by atoms with Gasteiger partial charge in [-0.3, -0.25) is 9.78 Å². The van der Waals surface area contributed by atoms with Crippen molar-refractivity contribution in [1.82, 2.24) is 9.88 Å². The summed E-state index contributed by atoms with van der Waals surface area (Å²) in [6.45, 7) is 4.86. The fraction of sp³-hybridized carbons (Fsp3) is 0.333. The molecule has 0 saturated heterocycles. The molecule has 0 bridgehead atoms. The average Bonchev–Trinajstić information content (AvgIpc) is 2.27. The molecule has 0 aromatic carbocycles. The second-order valence-electron chi connectivity index (χ2n) is 3.05. The molecule has 0 aliphatic carbocycles. The Hall–Kier alpha value is -1.82. The molecule has 1 heterocycles. The van der Waals surface area contributed by atoms with Gasteiger partial charge in [-0.1, -0.05) is 5.92 Å². The van der Waals surface area contributed by atoms with Gasteiger partial charge in [-0.15, -0.1) is 0 Å². The fourth-order valence-electron chi connectivity index (χ4n) is 1.22. The first kappa shape index (κ1) is 11.3. The van der Waals surface area contributed by atoms with Crippen LogP contribution >= 0.6 is 0 Å². The molecule has 0 radical (unpaired) electrons. The van der Waals surface area contributed by atoms with E-state index in [1.807, 2.05) is 19.1 Å². The van der Waals surface area contributed by atoms with Gasteiger partial charge >= 0.3 is 0 Å². The number of rotatable bonds is 3. The number of carbonyl (C=O) groups is 1. The van der Waals surface area contributed by atoms with E-state index in [4.69, 9.17) is 0 Å². The standard InChI is InChI=1S/C12H14N2O/c1-3-5-12(15)14(4-2)10-11-6-8-13-9-7-11/h6-9H,4,10H2,1-2H3. The largest absolute Gasteiger partial charge is 0.328 e. The van der Waals surface area contributed by atoms with Gasteiger partial charge < -0.3 is 4.90 Å². The number of amides is 1. The summed E-state index contributed by atoms with van der Waals surface area (Å²) in [5, 5.41) is 0. The maximum atomic E-state index is 11.5. The van der Waals surface area contributed by atoms with Crippen LogP contribution in [-0.4, -0.2) is 22.3 Å². The minimum Gasteiger partial charge on any atom is -0.328 e. The SMILES string of the molecule is CC#CC(=O)N(CC)Cc1ccncc1. The summed E-state index contributed by atoms with van der Waals surface area (Å²) < 4.78 is 0. The molecule has 1 rings (SSSR count). The minimum absolute atomic E-state index is 0.128. The molecule has 0 fully saturated rings. The number of aromatic nitrogens is 1. The highest BCUT2D eigenvalue weighted by atomic mass is 16.2. The van der Waals surface area contributed by atoms with E-state index in [0.717, 1.165) is 5.56 Å². The van der Waals surface area contributed by atoms with E-state index in [2.05, 4.69) is 16.8 Å². The Labute approximate surface area is 90.1 Å². The molecule has 3 heteroatoms. The minimum atomic E-state index is -0.128. The van der Waals surface area contributed by atoms with Gasteiger partial charge in [0.05, 0.1) is 0 Å². The average molecular weight is 202 g/mol. The van der Waals surface area contributed by atoms with Crippen molar-refractivity contribution in [3.8, 4) is 11.8 Å². The molecule has 3 nitrogen and oxygen atoms in total. The Morgan fingerprint density at radius 1 is 1.47 bits per heavy atom. The molecule has 0 spiro atoms. The van der Waals surface area contributed by atoms with Crippen LogP contribution in [0.25, 0.3) is 0 Å². The van der Waals surface area contributed by atoms with Crippen LogP contribution < -0.4 is 0 Å². The van der Waals surface area contributed by atoms with Crippen LogP contribution in [0, 0.1) is 11.8 Å². The first-order valence-corrected chi connectivity index (χ1v) is 4.88. The molecule has 1 aromatic rings. The van der Waals surface area contributed by atoms with Crippen molar-refractivity contribution in [2.24, 2.45) is 0 Å². The summed E-state index contributed by atoms with van der Waals surface area (Å²) in [4.78, 5) is 17.1. The van der Waals surface area contributed by atoms with Crippen molar-refractivity contribution in [3.63, 3.8) is 0 Å². The van der Waals surface area contributed by atoms with Gasteiger partial charge in [0.25, 0.3) is 5.91 Å². The van der Waals surface area contributed by atoms with E-state index < -0.39 is 0 Å². The summed E-state index contributed by atoms with van der Waals surface area (Å²) in [6, 6.07) is 3.80. The Morgan fingerprint density at radius 2 is 2.13 bits per heavy atom. The number of nitrogens with zero attached hydrogens (tertiary/aromatic N) is 2. The van der Waals surface area contributed by atoms with Crippen LogP contribution in [0.15, 0.2) is 24.5 Å². The number of carbonyl (C=O) groups excluding carboxylic acids is 1. The lowest BCUT2D eigenvalue weighted by molar-refractivity contribution is -0.125. The first-order chi connectivity index (χ1) is 7.27. The molecule has 0 aliphatic rings. The number of pyridine rings is 1. The Kier molecular flexibility index (Phi) is 4.36. The molecule has 15 heavy (non-hydrogen) atoms. The van der Waals surface area contributed by atoms with Gasteiger partial charge in [0.15, 0.2) is 0 Å². The van der Waals surface area contributed by atoms with Crippen molar-refractivity contribution in [1.29, 1.82) is 0 Å². The second kappa shape index (κ2) is 5.82. The van der Waals surface area contributed by atoms with Crippen molar-refractivity contribution >= 4 is 5.91 Å². The molecule has 1 amide bonds. The highest BCUT2D eigenvalue weighted by molar-refractivity contribution is 5.93. The summed E-state index contributed by atoms with van der Waals surface area (Å²) in [5.74, 6) is 5.02. The van der Waals surface area contributed by atoms with Gasteiger partial charge in [0.2, 0.25) is 0 Å². The maximum Gasteiger partial charge on any atom is 0.298 e. The van der Waals surface area contributed by atoms with Crippen molar-refractivity contribution in [2.45, 2.75) is 20.4 Å². The molecule has 0 atom stereocenters. The van der Waals surface area contributed by atoms with E-state index in [-0.39, 0.29) is 5.91 Å². The molecule has 1 aromatic heterocycles. The third-order valence-electron chi connectivity index (χ3n) is 2.02. The van der Waals surface area contributed by atoms with Crippen molar-refractivity contribution in [2.75, 3.05) is 6.54 Å². The fourth-order valence-corrected chi connectivity index (χ4v) is 1.22. The topological polar surface area (TPSA) is 33.2 Å². The Bertz CT molecular complexity index is 376. The third-order valence-corrected chi connectivity index (χ3v) is 2.02. The van der Waals surface area contributed by atoms with Crippen LogP contribution in [0.4, 0.5) is 0 Å². The van der Waals surface area contributed by atoms with Crippen LogP contribution in [0.3, 0.4) is 0 Å². The lowest BCUT2D eigenvalue weighted by atomic mass is 10.2. The van der Waals surface area contributed by atoms with Crippen molar-refractivity contribution in [3.05, 3.63) is 30.1 Å². The van der Waals surface area contributed by atoms with Gasteiger partial charge in [-0.2, -0.15) is 0 Å². The summed E-state index contributed by atoms with van der Waals surface area (Å²) in [5.41, 5.74) is 1.07. The number of hydrogen-bond acceptors (Lipinski definition) is 2. The highest BCUT2D eigenvalue weighted by Gasteiger charge is 2.08. The van der Waals surface area contributed by atoms with Crippen molar-refractivity contribution < 1.29 is 4.79 Å². The zero-order chi connectivity index (χ0) is 11.1. The predicted molar refractivity (Wildman–Crippen MR) is 58.8 cm³/mol. The monoisotopic (exact) mass is 202 g/mol. The third kappa shape index (κ3) is 3.43.